The maximum atomic E-state index is 12.5. The number of rotatable bonds is 3. The molecule has 0 aliphatic carbocycles. The van der Waals surface area contributed by atoms with E-state index in [-0.39, 0.29) is 18.2 Å². The van der Waals surface area contributed by atoms with Gasteiger partial charge in [0.1, 0.15) is 17.2 Å². The zero-order chi connectivity index (χ0) is 13.9. The molecule has 7 heteroatoms. The zero-order valence-corrected chi connectivity index (χ0v) is 11.0. The van der Waals surface area contributed by atoms with Crippen LogP contribution >= 0.6 is 12.4 Å². The summed E-state index contributed by atoms with van der Waals surface area (Å²) < 4.78 is 42.8. The SMILES string of the molecule is Cl.NCc1ccc(Oc2ccnc(C(F)(F)F)c2)cc1. The molecule has 0 radical (unpaired) electrons. The number of ether oxygens (including phenoxy) is 1. The van der Waals surface area contributed by atoms with Crippen molar-refractivity contribution in [1.29, 1.82) is 0 Å². The van der Waals surface area contributed by atoms with Crippen molar-refractivity contribution in [1.82, 2.24) is 4.98 Å². The first-order valence-corrected chi connectivity index (χ1v) is 5.49. The fourth-order valence-electron chi connectivity index (χ4n) is 1.46. The van der Waals surface area contributed by atoms with Crippen molar-refractivity contribution >= 4 is 12.4 Å². The van der Waals surface area contributed by atoms with Gasteiger partial charge in [0.05, 0.1) is 0 Å². The van der Waals surface area contributed by atoms with Gasteiger partial charge in [-0.05, 0) is 23.8 Å². The number of hydrogen-bond donors (Lipinski definition) is 1. The molecular weight excluding hydrogens is 293 g/mol. The lowest BCUT2D eigenvalue weighted by Crippen LogP contribution is -2.07. The number of aromatic nitrogens is 1. The average Bonchev–Trinajstić information content (AvgIpc) is 2.39. The van der Waals surface area contributed by atoms with Crippen LogP contribution in [0.15, 0.2) is 42.6 Å². The van der Waals surface area contributed by atoms with Crippen LogP contribution in [0.2, 0.25) is 0 Å². The molecule has 0 aliphatic heterocycles. The van der Waals surface area contributed by atoms with Crippen LogP contribution in [0.3, 0.4) is 0 Å². The summed E-state index contributed by atoms with van der Waals surface area (Å²) in [4.78, 5) is 3.26. The Morgan fingerprint density at radius 1 is 1.05 bits per heavy atom. The van der Waals surface area contributed by atoms with Gasteiger partial charge >= 0.3 is 6.18 Å². The van der Waals surface area contributed by atoms with E-state index in [4.69, 9.17) is 10.5 Å². The lowest BCUT2D eigenvalue weighted by molar-refractivity contribution is -0.141. The number of alkyl halides is 3. The quantitative estimate of drug-likeness (QED) is 0.939. The van der Waals surface area contributed by atoms with Gasteiger partial charge in [0.25, 0.3) is 0 Å². The molecule has 108 valence electrons. The molecule has 0 spiro atoms. The summed E-state index contributed by atoms with van der Waals surface area (Å²) in [6, 6.07) is 9.02. The molecule has 2 rings (SSSR count). The largest absolute Gasteiger partial charge is 0.457 e. The van der Waals surface area contributed by atoms with Crippen molar-refractivity contribution in [3.8, 4) is 11.5 Å². The summed E-state index contributed by atoms with van der Waals surface area (Å²) in [6.07, 6.45) is -3.42. The van der Waals surface area contributed by atoms with Gasteiger partial charge < -0.3 is 10.5 Å². The molecule has 2 N–H and O–H groups in total. The molecule has 1 aromatic heterocycles. The first-order valence-electron chi connectivity index (χ1n) is 5.49. The van der Waals surface area contributed by atoms with Gasteiger partial charge in [0.2, 0.25) is 0 Å². The van der Waals surface area contributed by atoms with Crippen molar-refractivity contribution in [3.05, 3.63) is 53.9 Å². The van der Waals surface area contributed by atoms with Gasteiger partial charge in [-0.2, -0.15) is 13.2 Å². The second kappa shape index (κ2) is 6.58. The summed E-state index contributed by atoms with van der Waals surface area (Å²) in [5, 5.41) is 0. The second-order valence-corrected chi connectivity index (χ2v) is 3.82. The number of halogens is 4. The lowest BCUT2D eigenvalue weighted by atomic mass is 10.2. The molecular formula is C13H12ClF3N2O. The highest BCUT2D eigenvalue weighted by atomic mass is 35.5. The van der Waals surface area contributed by atoms with Crippen LogP contribution in [0, 0.1) is 0 Å². The fraction of sp³-hybridized carbons (Fsp3) is 0.154. The highest BCUT2D eigenvalue weighted by Crippen LogP contribution is 2.30. The van der Waals surface area contributed by atoms with E-state index in [1.807, 2.05) is 0 Å². The second-order valence-electron chi connectivity index (χ2n) is 3.82. The molecule has 0 amide bonds. The van der Waals surface area contributed by atoms with Gasteiger partial charge in [0, 0.05) is 18.8 Å². The van der Waals surface area contributed by atoms with Crippen LogP contribution in [0.4, 0.5) is 13.2 Å². The molecule has 0 bridgehead atoms. The average molecular weight is 305 g/mol. The molecule has 3 nitrogen and oxygen atoms in total. The minimum absolute atomic E-state index is 0. The molecule has 1 heterocycles. The Kier molecular flexibility index (Phi) is 5.35. The number of nitrogens with two attached hydrogens (primary N) is 1. The first kappa shape index (κ1) is 16.3. The van der Waals surface area contributed by atoms with E-state index in [1.54, 1.807) is 24.3 Å². The number of hydrogen-bond acceptors (Lipinski definition) is 3. The van der Waals surface area contributed by atoms with Crippen molar-refractivity contribution in [3.63, 3.8) is 0 Å². The highest BCUT2D eigenvalue weighted by molar-refractivity contribution is 5.85. The molecule has 0 fully saturated rings. The summed E-state index contributed by atoms with van der Waals surface area (Å²) in [6.45, 7) is 0.397. The molecule has 0 saturated carbocycles. The van der Waals surface area contributed by atoms with Gasteiger partial charge in [-0.25, -0.2) is 0 Å². The number of pyridine rings is 1. The van der Waals surface area contributed by atoms with E-state index in [1.165, 1.54) is 6.07 Å². The summed E-state index contributed by atoms with van der Waals surface area (Å²) in [5.74, 6) is 0.527. The maximum Gasteiger partial charge on any atom is 0.433 e. The van der Waals surface area contributed by atoms with Crippen molar-refractivity contribution in [2.24, 2.45) is 5.73 Å². The summed E-state index contributed by atoms with van der Waals surface area (Å²) >= 11 is 0. The van der Waals surface area contributed by atoms with Crippen molar-refractivity contribution in [2.45, 2.75) is 12.7 Å². The first-order chi connectivity index (χ1) is 8.99. The third kappa shape index (κ3) is 4.11. The van der Waals surface area contributed by atoms with E-state index in [2.05, 4.69) is 4.98 Å². The Labute approximate surface area is 120 Å². The van der Waals surface area contributed by atoms with E-state index in [9.17, 15) is 13.2 Å². The maximum absolute atomic E-state index is 12.5. The van der Waals surface area contributed by atoms with Crippen LogP contribution in [0.5, 0.6) is 11.5 Å². The van der Waals surface area contributed by atoms with E-state index < -0.39 is 11.9 Å². The smallest absolute Gasteiger partial charge is 0.433 e. The van der Waals surface area contributed by atoms with Crippen LogP contribution in [0.25, 0.3) is 0 Å². The van der Waals surface area contributed by atoms with Crippen molar-refractivity contribution < 1.29 is 17.9 Å². The van der Waals surface area contributed by atoms with Crippen LogP contribution in [0.1, 0.15) is 11.3 Å². The molecule has 0 aliphatic rings. The molecule has 0 unspecified atom stereocenters. The Morgan fingerprint density at radius 3 is 2.25 bits per heavy atom. The molecule has 1 aromatic carbocycles. The standard InChI is InChI=1S/C13H11F3N2O.ClH/c14-13(15,16)12-7-11(5-6-18-12)19-10-3-1-9(8-17)2-4-10;/h1-7H,8,17H2;1H. The van der Waals surface area contributed by atoms with Crippen molar-refractivity contribution in [2.75, 3.05) is 0 Å². The Balaban J connectivity index is 0.00000200. The van der Waals surface area contributed by atoms with E-state index in [0.29, 0.717) is 12.3 Å². The zero-order valence-electron chi connectivity index (χ0n) is 10.2. The Bertz CT molecular complexity index is 558. The Hall–Kier alpha value is -1.79. The van der Waals surface area contributed by atoms with Gasteiger partial charge in [-0.1, -0.05) is 12.1 Å². The molecule has 2 aromatic rings. The summed E-state index contributed by atoms with van der Waals surface area (Å²) in [7, 11) is 0. The molecule has 0 atom stereocenters. The summed E-state index contributed by atoms with van der Waals surface area (Å²) in [5.41, 5.74) is 5.38. The Morgan fingerprint density at radius 2 is 1.70 bits per heavy atom. The van der Waals surface area contributed by atoms with Gasteiger partial charge in [-0.3, -0.25) is 4.98 Å². The third-order valence-corrected chi connectivity index (χ3v) is 2.42. The number of benzene rings is 1. The van der Waals surface area contributed by atoms with Crippen LogP contribution in [-0.4, -0.2) is 4.98 Å². The predicted molar refractivity (Wildman–Crippen MR) is 70.9 cm³/mol. The third-order valence-electron chi connectivity index (χ3n) is 2.42. The minimum Gasteiger partial charge on any atom is -0.457 e. The van der Waals surface area contributed by atoms with E-state index >= 15 is 0 Å². The van der Waals surface area contributed by atoms with Crippen LogP contribution in [-0.2, 0) is 12.7 Å². The predicted octanol–water partition coefficient (Wildman–Crippen LogP) is 3.77. The number of nitrogens with zero attached hydrogens (tertiary/aromatic N) is 1. The minimum atomic E-state index is -4.48. The monoisotopic (exact) mass is 304 g/mol. The van der Waals surface area contributed by atoms with Crippen LogP contribution < -0.4 is 10.5 Å². The highest BCUT2D eigenvalue weighted by Gasteiger charge is 2.32. The fourth-order valence-corrected chi connectivity index (χ4v) is 1.46. The van der Waals surface area contributed by atoms with Gasteiger partial charge in [-0.15, -0.1) is 12.4 Å². The van der Waals surface area contributed by atoms with Gasteiger partial charge in [0.15, 0.2) is 0 Å². The molecule has 0 saturated heterocycles. The topological polar surface area (TPSA) is 48.1 Å². The normalized spacial score (nSPS) is 10.8. The lowest BCUT2D eigenvalue weighted by Gasteiger charge is -2.09. The molecule has 20 heavy (non-hydrogen) atoms. The van der Waals surface area contributed by atoms with E-state index in [0.717, 1.165) is 17.8 Å².